The summed E-state index contributed by atoms with van der Waals surface area (Å²) >= 11 is 0. The quantitative estimate of drug-likeness (QED) is 0.479. The maximum Gasteiger partial charge on any atom is 0.162 e. The summed E-state index contributed by atoms with van der Waals surface area (Å²) in [7, 11) is 0. The van der Waals surface area contributed by atoms with E-state index in [0.717, 1.165) is 44.1 Å². The third-order valence-electron chi connectivity index (χ3n) is 5.94. The normalized spacial score (nSPS) is 20.0. The summed E-state index contributed by atoms with van der Waals surface area (Å²) in [4.78, 5) is 0. The molecule has 3 rings (SSSR count). The van der Waals surface area contributed by atoms with Crippen LogP contribution in [0.2, 0.25) is 0 Å². The molecule has 0 heterocycles. The van der Waals surface area contributed by atoms with Gasteiger partial charge in [-0.2, -0.15) is 0 Å². The first-order valence-corrected chi connectivity index (χ1v) is 10.5. The van der Waals surface area contributed by atoms with Crippen molar-refractivity contribution in [2.45, 2.75) is 64.7 Å². The second kappa shape index (κ2) is 9.45. The van der Waals surface area contributed by atoms with Crippen LogP contribution in [-0.4, -0.2) is 0 Å². The Kier molecular flexibility index (Phi) is 6.98. The van der Waals surface area contributed by atoms with Crippen LogP contribution in [0.3, 0.4) is 0 Å². The average molecular weight is 387 g/mol. The number of hydrogen-bond acceptors (Lipinski definition) is 0. The molecule has 28 heavy (non-hydrogen) atoms. The summed E-state index contributed by atoms with van der Waals surface area (Å²) in [5.41, 5.74) is 2.59. The van der Waals surface area contributed by atoms with Gasteiger partial charge in [-0.25, -0.2) is 13.2 Å². The van der Waals surface area contributed by atoms with E-state index in [-0.39, 0.29) is 11.7 Å². The highest BCUT2D eigenvalue weighted by atomic mass is 19.2. The van der Waals surface area contributed by atoms with Crippen molar-refractivity contribution in [3.63, 3.8) is 0 Å². The molecule has 150 valence electrons. The van der Waals surface area contributed by atoms with Crippen LogP contribution in [-0.2, 0) is 12.8 Å². The fourth-order valence-corrected chi connectivity index (χ4v) is 4.17. The summed E-state index contributed by atoms with van der Waals surface area (Å²) < 4.78 is 42.9. The zero-order chi connectivity index (χ0) is 20.1. The van der Waals surface area contributed by atoms with Crippen molar-refractivity contribution in [1.29, 1.82) is 0 Å². The molecular weight excluding hydrogens is 357 g/mol. The van der Waals surface area contributed by atoms with Crippen molar-refractivity contribution in [1.82, 2.24) is 0 Å². The van der Waals surface area contributed by atoms with Gasteiger partial charge in [-0.1, -0.05) is 56.7 Å². The highest BCUT2D eigenvalue weighted by Gasteiger charge is 2.25. The number of halogens is 3. The SMILES string of the molecule is CCCc1ccc(C2CCC(/C=C/c3ccc(CC)cc3F)CC2)c(F)c1F. The Morgan fingerprint density at radius 2 is 1.68 bits per heavy atom. The standard InChI is InChI=1S/C25H29F3/c1-3-5-21-14-15-22(25(28)24(21)27)19-10-7-18(8-11-19)9-13-20-12-6-17(4-2)16-23(20)26/h6,9,12-16,18-19H,3-5,7-8,10-11H2,1-2H3/b13-9+. The Morgan fingerprint density at radius 3 is 2.32 bits per heavy atom. The minimum atomic E-state index is -0.674. The molecule has 0 saturated heterocycles. The van der Waals surface area contributed by atoms with Crippen LogP contribution in [0.25, 0.3) is 6.08 Å². The van der Waals surface area contributed by atoms with E-state index >= 15 is 0 Å². The van der Waals surface area contributed by atoms with E-state index in [1.807, 2.05) is 32.1 Å². The van der Waals surface area contributed by atoms with E-state index in [2.05, 4.69) is 6.08 Å². The van der Waals surface area contributed by atoms with Crippen molar-refractivity contribution in [2.75, 3.05) is 0 Å². The van der Waals surface area contributed by atoms with Crippen molar-refractivity contribution in [3.05, 3.63) is 76.1 Å². The lowest BCUT2D eigenvalue weighted by Gasteiger charge is -2.27. The zero-order valence-corrected chi connectivity index (χ0v) is 16.8. The van der Waals surface area contributed by atoms with Crippen LogP contribution in [0.5, 0.6) is 0 Å². The van der Waals surface area contributed by atoms with Crippen molar-refractivity contribution in [2.24, 2.45) is 5.92 Å². The van der Waals surface area contributed by atoms with Crippen LogP contribution < -0.4 is 0 Å². The van der Waals surface area contributed by atoms with Gasteiger partial charge in [-0.15, -0.1) is 0 Å². The predicted octanol–water partition coefficient (Wildman–Crippen LogP) is 7.61. The van der Waals surface area contributed by atoms with Gasteiger partial charge < -0.3 is 0 Å². The van der Waals surface area contributed by atoms with Crippen molar-refractivity contribution in [3.8, 4) is 0 Å². The van der Waals surface area contributed by atoms with Crippen molar-refractivity contribution >= 4 is 6.08 Å². The molecule has 0 amide bonds. The molecule has 2 aromatic rings. The summed E-state index contributed by atoms with van der Waals surface area (Å²) in [5.74, 6) is -1.10. The number of rotatable bonds is 6. The Hall–Kier alpha value is -2.03. The first-order chi connectivity index (χ1) is 13.5. The van der Waals surface area contributed by atoms with E-state index < -0.39 is 11.6 Å². The molecule has 1 aliphatic carbocycles. The van der Waals surface area contributed by atoms with Crippen LogP contribution in [0.1, 0.15) is 74.1 Å². The zero-order valence-electron chi connectivity index (χ0n) is 16.8. The maximum atomic E-state index is 14.5. The van der Waals surface area contributed by atoms with E-state index in [0.29, 0.717) is 29.0 Å². The smallest absolute Gasteiger partial charge is 0.162 e. The molecule has 0 radical (unpaired) electrons. The molecule has 0 spiro atoms. The number of allylic oxidation sites excluding steroid dienone is 1. The molecule has 0 N–H and O–H groups in total. The van der Waals surface area contributed by atoms with Crippen LogP contribution in [0.4, 0.5) is 13.2 Å². The molecule has 0 aromatic heterocycles. The average Bonchev–Trinajstić information content (AvgIpc) is 2.71. The molecule has 3 heteroatoms. The largest absolute Gasteiger partial charge is 0.206 e. The lowest BCUT2D eigenvalue weighted by molar-refractivity contribution is 0.364. The minimum absolute atomic E-state index is 0.0652. The summed E-state index contributed by atoms with van der Waals surface area (Å²) in [5, 5.41) is 0. The third-order valence-corrected chi connectivity index (χ3v) is 5.94. The maximum absolute atomic E-state index is 14.5. The third kappa shape index (κ3) is 4.68. The van der Waals surface area contributed by atoms with Gasteiger partial charge in [-0.05, 0) is 73.1 Å². The monoisotopic (exact) mass is 386 g/mol. The van der Waals surface area contributed by atoms with Crippen LogP contribution >= 0.6 is 0 Å². The minimum Gasteiger partial charge on any atom is -0.206 e. The molecule has 2 aromatic carbocycles. The molecule has 0 aliphatic heterocycles. The van der Waals surface area contributed by atoms with Crippen LogP contribution in [0.15, 0.2) is 36.4 Å². The molecular formula is C25H29F3. The number of benzene rings is 2. The molecule has 1 aliphatic rings. The molecule has 0 atom stereocenters. The predicted molar refractivity (Wildman–Crippen MR) is 110 cm³/mol. The van der Waals surface area contributed by atoms with E-state index in [1.54, 1.807) is 18.2 Å². The first-order valence-electron chi connectivity index (χ1n) is 10.5. The lowest BCUT2D eigenvalue weighted by atomic mass is 9.78. The lowest BCUT2D eigenvalue weighted by Crippen LogP contribution is -2.14. The van der Waals surface area contributed by atoms with E-state index in [1.165, 1.54) is 0 Å². The van der Waals surface area contributed by atoms with Gasteiger partial charge in [0.15, 0.2) is 11.6 Å². The fourth-order valence-electron chi connectivity index (χ4n) is 4.17. The van der Waals surface area contributed by atoms with Gasteiger partial charge >= 0.3 is 0 Å². The topological polar surface area (TPSA) is 0 Å². The van der Waals surface area contributed by atoms with Gasteiger partial charge in [-0.3, -0.25) is 0 Å². The summed E-state index contributed by atoms with van der Waals surface area (Å²) in [6.45, 7) is 3.97. The van der Waals surface area contributed by atoms with Gasteiger partial charge in [0, 0.05) is 5.56 Å². The summed E-state index contributed by atoms with van der Waals surface area (Å²) in [6, 6.07) is 8.89. The second-order valence-electron chi connectivity index (χ2n) is 7.87. The van der Waals surface area contributed by atoms with Gasteiger partial charge in [0.05, 0.1) is 0 Å². The second-order valence-corrected chi connectivity index (χ2v) is 7.87. The van der Waals surface area contributed by atoms with E-state index in [9.17, 15) is 13.2 Å². The first kappa shape index (κ1) is 20.7. The van der Waals surface area contributed by atoms with Gasteiger partial charge in [0.25, 0.3) is 0 Å². The molecule has 0 nitrogen and oxygen atoms in total. The van der Waals surface area contributed by atoms with Gasteiger partial charge in [0.1, 0.15) is 5.82 Å². The molecule has 1 fully saturated rings. The van der Waals surface area contributed by atoms with Crippen LogP contribution in [0, 0.1) is 23.4 Å². The van der Waals surface area contributed by atoms with Crippen molar-refractivity contribution < 1.29 is 13.2 Å². The molecule has 0 unspecified atom stereocenters. The number of aryl methyl sites for hydroxylation is 2. The summed E-state index contributed by atoms with van der Waals surface area (Å²) in [6.07, 6.45) is 9.60. The van der Waals surface area contributed by atoms with Gasteiger partial charge in [0.2, 0.25) is 0 Å². The molecule has 1 saturated carbocycles. The molecule has 0 bridgehead atoms. The number of hydrogen-bond donors (Lipinski definition) is 0. The highest BCUT2D eigenvalue weighted by Crippen LogP contribution is 2.38. The highest BCUT2D eigenvalue weighted by molar-refractivity contribution is 5.51. The fraction of sp³-hybridized carbons (Fsp3) is 0.440. The Morgan fingerprint density at radius 1 is 0.929 bits per heavy atom. The Bertz CT molecular complexity index is 830. The van der Waals surface area contributed by atoms with E-state index in [4.69, 9.17) is 0 Å². The Balaban J connectivity index is 1.62. The Labute approximate surface area is 166 Å².